The summed E-state index contributed by atoms with van der Waals surface area (Å²) in [7, 11) is 0. The topological polar surface area (TPSA) is 29.3 Å². The fourth-order valence-corrected chi connectivity index (χ4v) is 2.12. The van der Waals surface area contributed by atoms with Gasteiger partial charge in [0.05, 0.1) is 0 Å². The minimum Gasteiger partial charge on any atom is -0.399 e. The number of allylic oxidation sites excluding steroid dienone is 1. The number of nitrogens with two attached hydrogens (primary N) is 1. The Hall–Kier alpha value is -1.44. The van der Waals surface area contributed by atoms with Crippen LogP contribution < -0.4 is 10.6 Å². The molecule has 1 heterocycles. The molecule has 15 heavy (non-hydrogen) atoms. The summed E-state index contributed by atoms with van der Waals surface area (Å²) in [6, 6.07) is 6.25. The molecule has 0 saturated heterocycles. The molecule has 0 aliphatic carbocycles. The van der Waals surface area contributed by atoms with Gasteiger partial charge in [-0.05, 0) is 43.5 Å². The minimum absolute atomic E-state index is 0.877. The molecule has 0 fully saturated rings. The van der Waals surface area contributed by atoms with Crippen molar-refractivity contribution in [2.75, 3.05) is 23.7 Å². The molecule has 2 rings (SSSR count). The molecule has 2 heteroatoms. The Balaban J connectivity index is 2.26. The summed E-state index contributed by atoms with van der Waals surface area (Å²) in [4.78, 5) is 2.41. The predicted octanol–water partition coefficient (Wildman–Crippen LogP) is 2.60. The lowest BCUT2D eigenvalue weighted by Gasteiger charge is -2.30. The number of hydrogen-bond donors (Lipinski definition) is 1. The molecule has 0 amide bonds. The summed E-state index contributed by atoms with van der Waals surface area (Å²) >= 11 is 0. The summed E-state index contributed by atoms with van der Waals surface area (Å²) in [6.45, 7) is 4.22. The average Bonchev–Trinajstić information content (AvgIpc) is 2.25. The number of nitrogen functional groups attached to an aromatic ring is 1. The molecule has 0 unspecified atom stereocenters. The maximum Gasteiger partial charge on any atom is 0.0403 e. The highest BCUT2D eigenvalue weighted by Gasteiger charge is 2.15. The largest absolute Gasteiger partial charge is 0.399 e. The fraction of sp³-hybridized carbons (Fsp3) is 0.385. The summed E-state index contributed by atoms with van der Waals surface area (Å²) < 4.78 is 0. The summed E-state index contributed by atoms with van der Waals surface area (Å²) in [5.74, 6) is 0. The molecule has 2 N–H and O–H groups in total. The van der Waals surface area contributed by atoms with E-state index in [9.17, 15) is 0 Å². The van der Waals surface area contributed by atoms with Gasteiger partial charge in [0.15, 0.2) is 0 Å². The monoisotopic (exact) mass is 202 g/mol. The molecule has 0 radical (unpaired) electrons. The van der Waals surface area contributed by atoms with Gasteiger partial charge in [-0.3, -0.25) is 0 Å². The van der Waals surface area contributed by atoms with Crippen LogP contribution in [-0.2, 0) is 6.42 Å². The van der Waals surface area contributed by atoms with Crippen LogP contribution in [0.3, 0.4) is 0 Å². The fourth-order valence-electron chi connectivity index (χ4n) is 2.12. The van der Waals surface area contributed by atoms with E-state index in [1.54, 1.807) is 0 Å². The lowest BCUT2D eigenvalue weighted by atomic mass is 10.0. The van der Waals surface area contributed by atoms with E-state index >= 15 is 0 Å². The van der Waals surface area contributed by atoms with Crippen LogP contribution in [-0.4, -0.2) is 13.1 Å². The summed E-state index contributed by atoms with van der Waals surface area (Å²) in [5.41, 5.74) is 9.42. The number of benzene rings is 1. The van der Waals surface area contributed by atoms with Gasteiger partial charge < -0.3 is 10.6 Å². The van der Waals surface area contributed by atoms with Gasteiger partial charge in [0.1, 0.15) is 0 Å². The van der Waals surface area contributed by atoms with Crippen molar-refractivity contribution in [3.05, 3.63) is 35.9 Å². The van der Waals surface area contributed by atoms with Crippen molar-refractivity contribution in [2.24, 2.45) is 0 Å². The number of rotatable bonds is 2. The van der Waals surface area contributed by atoms with E-state index in [1.165, 1.54) is 17.7 Å². The molecule has 1 aromatic carbocycles. The van der Waals surface area contributed by atoms with Crippen molar-refractivity contribution in [3.8, 4) is 0 Å². The van der Waals surface area contributed by atoms with Gasteiger partial charge in [0, 0.05) is 24.5 Å². The first-order valence-corrected chi connectivity index (χ1v) is 5.56. The number of anilines is 2. The van der Waals surface area contributed by atoms with Gasteiger partial charge in [-0.25, -0.2) is 0 Å². The van der Waals surface area contributed by atoms with Gasteiger partial charge in [0.25, 0.3) is 0 Å². The highest BCUT2D eigenvalue weighted by Crippen LogP contribution is 2.28. The van der Waals surface area contributed by atoms with Gasteiger partial charge in [0.2, 0.25) is 0 Å². The standard InChI is InChI=1S/C13H18N2/c1-2-3-8-15-9-4-5-11-10-12(14)6-7-13(11)15/h2-3,6-7,10H,4-5,8-9,14H2,1H3. The van der Waals surface area contributed by atoms with Crippen LogP contribution in [0, 0.1) is 0 Å². The highest BCUT2D eigenvalue weighted by atomic mass is 15.1. The van der Waals surface area contributed by atoms with E-state index in [4.69, 9.17) is 5.73 Å². The maximum absolute atomic E-state index is 5.79. The smallest absolute Gasteiger partial charge is 0.0403 e. The van der Waals surface area contributed by atoms with Crippen LogP contribution >= 0.6 is 0 Å². The van der Waals surface area contributed by atoms with Crippen LogP contribution in [0.1, 0.15) is 18.9 Å². The number of hydrogen-bond acceptors (Lipinski definition) is 2. The number of aryl methyl sites for hydroxylation is 1. The van der Waals surface area contributed by atoms with Crippen molar-refractivity contribution in [2.45, 2.75) is 19.8 Å². The number of nitrogens with zero attached hydrogens (tertiary/aromatic N) is 1. The van der Waals surface area contributed by atoms with Crippen molar-refractivity contribution < 1.29 is 0 Å². The van der Waals surface area contributed by atoms with Crippen LogP contribution in [0.2, 0.25) is 0 Å². The highest BCUT2D eigenvalue weighted by molar-refractivity contribution is 5.61. The molecule has 1 aromatic rings. The first kappa shape index (κ1) is 10.1. The Morgan fingerprint density at radius 2 is 2.33 bits per heavy atom. The average molecular weight is 202 g/mol. The van der Waals surface area contributed by atoms with Crippen LogP contribution in [0.15, 0.2) is 30.4 Å². The molecular weight excluding hydrogens is 184 g/mol. The third-order valence-corrected chi connectivity index (χ3v) is 2.88. The SMILES string of the molecule is CC=CCN1CCCc2cc(N)ccc21. The third-order valence-electron chi connectivity index (χ3n) is 2.88. The minimum atomic E-state index is 0.877. The molecule has 0 bridgehead atoms. The Morgan fingerprint density at radius 1 is 1.47 bits per heavy atom. The van der Waals surface area contributed by atoms with Crippen molar-refractivity contribution in [3.63, 3.8) is 0 Å². The quantitative estimate of drug-likeness (QED) is 0.590. The maximum atomic E-state index is 5.79. The first-order chi connectivity index (χ1) is 7.31. The van der Waals surface area contributed by atoms with Crippen LogP contribution in [0.25, 0.3) is 0 Å². The van der Waals surface area contributed by atoms with Crippen molar-refractivity contribution in [1.29, 1.82) is 0 Å². The molecule has 0 atom stereocenters. The number of fused-ring (bicyclic) bond motifs is 1. The second-order valence-corrected chi connectivity index (χ2v) is 4.01. The molecule has 2 nitrogen and oxygen atoms in total. The molecule has 0 spiro atoms. The van der Waals surface area contributed by atoms with E-state index in [0.717, 1.165) is 25.2 Å². The lowest BCUT2D eigenvalue weighted by molar-refractivity contribution is 0.722. The van der Waals surface area contributed by atoms with E-state index in [-0.39, 0.29) is 0 Å². The zero-order valence-corrected chi connectivity index (χ0v) is 9.24. The Morgan fingerprint density at radius 3 is 3.13 bits per heavy atom. The lowest BCUT2D eigenvalue weighted by Crippen LogP contribution is -2.29. The van der Waals surface area contributed by atoms with E-state index < -0.39 is 0 Å². The Bertz CT molecular complexity index is 369. The Labute approximate surface area is 91.4 Å². The van der Waals surface area contributed by atoms with Gasteiger partial charge in [-0.1, -0.05) is 12.2 Å². The van der Waals surface area contributed by atoms with Crippen molar-refractivity contribution >= 4 is 11.4 Å². The molecule has 1 aliphatic heterocycles. The van der Waals surface area contributed by atoms with Crippen LogP contribution in [0.4, 0.5) is 11.4 Å². The predicted molar refractivity (Wildman–Crippen MR) is 66.2 cm³/mol. The Kier molecular flexibility index (Phi) is 2.95. The third kappa shape index (κ3) is 2.14. The van der Waals surface area contributed by atoms with Gasteiger partial charge in [-0.15, -0.1) is 0 Å². The normalized spacial score (nSPS) is 15.7. The van der Waals surface area contributed by atoms with E-state index in [1.807, 2.05) is 6.07 Å². The molecule has 1 aliphatic rings. The van der Waals surface area contributed by atoms with Crippen molar-refractivity contribution in [1.82, 2.24) is 0 Å². The molecule has 80 valence electrons. The zero-order valence-electron chi connectivity index (χ0n) is 9.24. The van der Waals surface area contributed by atoms with Gasteiger partial charge in [-0.2, -0.15) is 0 Å². The molecular formula is C13H18N2. The molecule has 0 aromatic heterocycles. The molecule has 0 saturated carbocycles. The zero-order chi connectivity index (χ0) is 10.7. The second-order valence-electron chi connectivity index (χ2n) is 4.01. The van der Waals surface area contributed by atoms with Crippen LogP contribution in [0.5, 0.6) is 0 Å². The first-order valence-electron chi connectivity index (χ1n) is 5.56. The second kappa shape index (κ2) is 4.39. The van der Waals surface area contributed by atoms with E-state index in [0.29, 0.717) is 0 Å². The van der Waals surface area contributed by atoms with Gasteiger partial charge >= 0.3 is 0 Å². The summed E-state index contributed by atoms with van der Waals surface area (Å²) in [6.07, 6.45) is 6.69. The van der Waals surface area contributed by atoms with E-state index in [2.05, 4.69) is 36.1 Å². The summed E-state index contributed by atoms with van der Waals surface area (Å²) in [5, 5.41) is 0.